The molecule has 3 heteroatoms. The van der Waals surface area contributed by atoms with Crippen LogP contribution in [0.3, 0.4) is 0 Å². The highest BCUT2D eigenvalue weighted by atomic mass is 19.1. The van der Waals surface area contributed by atoms with Crippen molar-refractivity contribution in [2.75, 3.05) is 0 Å². The molecule has 0 N–H and O–H groups in total. The summed E-state index contributed by atoms with van der Waals surface area (Å²) in [4.78, 5) is 4.52. The van der Waals surface area contributed by atoms with Crippen LogP contribution in [0.15, 0.2) is 85.1 Å². The minimum atomic E-state index is -0.272. The molecule has 4 rings (SSSR count). The molecule has 0 saturated heterocycles. The molecule has 0 aliphatic heterocycles. The number of benzene rings is 3. The zero-order chi connectivity index (χ0) is 18.6. The van der Waals surface area contributed by atoms with Gasteiger partial charge in [-0.15, -0.1) is 0 Å². The van der Waals surface area contributed by atoms with Gasteiger partial charge < -0.3 is 0 Å². The summed E-state index contributed by atoms with van der Waals surface area (Å²) in [5.74, 6) is -0.541. The van der Waals surface area contributed by atoms with Crippen molar-refractivity contribution in [2.45, 2.75) is 6.42 Å². The molecule has 0 saturated carbocycles. The van der Waals surface area contributed by atoms with Gasteiger partial charge in [0.25, 0.3) is 0 Å². The van der Waals surface area contributed by atoms with E-state index in [1.165, 1.54) is 24.3 Å². The second-order valence-electron chi connectivity index (χ2n) is 6.40. The van der Waals surface area contributed by atoms with Gasteiger partial charge in [0.15, 0.2) is 0 Å². The van der Waals surface area contributed by atoms with Gasteiger partial charge in [-0.2, -0.15) is 0 Å². The third-order valence-corrected chi connectivity index (χ3v) is 4.52. The van der Waals surface area contributed by atoms with E-state index < -0.39 is 0 Å². The summed E-state index contributed by atoms with van der Waals surface area (Å²) >= 11 is 0. The van der Waals surface area contributed by atoms with Crippen molar-refractivity contribution in [1.82, 2.24) is 4.98 Å². The van der Waals surface area contributed by atoms with Crippen molar-refractivity contribution in [1.29, 1.82) is 0 Å². The summed E-state index contributed by atoms with van der Waals surface area (Å²) in [5, 5.41) is 1.08. The first-order valence-electron chi connectivity index (χ1n) is 8.74. The summed E-state index contributed by atoms with van der Waals surface area (Å²) in [6, 6.07) is 22.8. The molecule has 0 fully saturated rings. The standard InChI is InChI=1S/C24H17F2N/c25-22-10-6-17(7-11-22)15-21(18-8-12-23(26)13-9-18)16-20-4-1-3-19-5-2-14-27-24(19)20/h1-15H,16H2/b21-15-. The van der Waals surface area contributed by atoms with Crippen molar-refractivity contribution in [3.05, 3.63) is 113 Å². The Labute approximate surface area is 156 Å². The fourth-order valence-electron chi connectivity index (χ4n) is 3.18. The number of nitrogens with zero attached hydrogens (tertiary/aromatic N) is 1. The Morgan fingerprint density at radius 2 is 1.44 bits per heavy atom. The number of pyridine rings is 1. The number of hydrogen-bond acceptors (Lipinski definition) is 1. The maximum Gasteiger partial charge on any atom is 0.123 e. The van der Waals surface area contributed by atoms with Crippen LogP contribution in [0.4, 0.5) is 8.78 Å². The van der Waals surface area contributed by atoms with Gasteiger partial charge in [-0.25, -0.2) is 8.78 Å². The zero-order valence-corrected chi connectivity index (χ0v) is 14.6. The van der Waals surface area contributed by atoms with E-state index in [9.17, 15) is 8.78 Å². The van der Waals surface area contributed by atoms with Crippen LogP contribution in [-0.2, 0) is 6.42 Å². The number of allylic oxidation sites excluding steroid dienone is 1. The van der Waals surface area contributed by atoms with E-state index >= 15 is 0 Å². The van der Waals surface area contributed by atoms with E-state index in [0.29, 0.717) is 6.42 Å². The van der Waals surface area contributed by atoms with E-state index in [4.69, 9.17) is 0 Å². The minimum Gasteiger partial charge on any atom is -0.256 e. The molecule has 0 aliphatic rings. The Kier molecular flexibility index (Phi) is 4.75. The average molecular weight is 357 g/mol. The molecule has 0 unspecified atom stereocenters. The van der Waals surface area contributed by atoms with Crippen molar-refractivity contribution >= 4 is 22.6 Å². The van der Waals surface area contributed by atoms with Gasteiger partial charge in [0.2, 0.25) is 0 Å². The van der Waals surface area contributed by atoms with Crippen LogP contribution in [0.1, 0.15) is 16.7 Å². The quantitative estimate of drug-likeness (QED) is 0.391. The first-order chi connectivity index (χ1) is 13.2. The summed E-state index contributed by atoms with van der Waals surface area (Å²) in [6.45, 7) is 0. The van der Waals surface area contributed by atoms with E-state index in [1.807, 2.05) is 30.3 Å². The topological polar surface area (TPSA) is 12.9 Å². The monoisotopic (exact) mass is 357 g/mol. The summed E-state index contributed by atoms with van der Waals surface area (Å²) in [7, 11) is 0. The third-order valence-electron chi connectivity index (χ3n) is 4.52. The van der Waals surface area contributed by atoms with Crippen LogP contribution in [0.25, 0.3) is 22.6 Å². The number of halogens is 2. The van der Waals surface area contributed by atoms with Crippen LogP contribution in [0.2, 0.25) is 0 Å². The number of rotatable bonds is 4. The van der Waals surface area contributed by atoms with E-state index in [0.717, 1.165) is 33.2 Å². The number of fused-ring (bicyclic) bond motifs is 1. The van der Waals surface area contributed by atoms with Crippen molar-refractivity contribution in [3.8, 4) is 0 Å². The molecule has 0 aliphatic carbocycles. The van der Waals surface area contributed by atoms with Crippen molar-refractivity contribution in [2.24, 2.45) is 0 Å². The molecule has 0 spiro atoms. The molecule has 0 amide bonds. The predicted octanol–water partition coefficient (Wildman–Crippen LogP) is 6.30. The fraction of sp³-hybridized carbons (Fsp3) is 0.0417. The van der Waals surface area contributed by atoms with E-state index in [-0.39, 0.29) is 11.6 Å². The highest BCUT2D eigenvalue weighted by molar-refractivity contribution is 5.87. The largest absolute Gasteiger partial charge is 0.256 e. The zero-order valence-electron chi connectivity index (χ0n) is 14.6. The summed E-state index contributed by atoms with van der Waals surface area (Å²) < 4.78 is 26.6. The molecular formula is C24H17F2N. The van der Waals surface area contributed by atoms with Gasteiger partial charge in [0, 0.05) is 18.0 Å². The molecule has 1 heterocycles. The molecule has 0 radical (unpaired) electrons. The maximum absolute atomic E-state index is 13.4. The predicted molar refractivity (Wildman–Crippen MR) is 106 cm³/mol. The van der Waals surface area contributed by atoms with Crippen molar-refractivity contribution in [3.63, 3.8) is 0 Å². The third kappa shape index (κ3) is 3.93. The number of para-hydroxylation sites is 1. The van der Waals surface area contributed by atoms with Crippen LogP contribution in [-0.4, -0.2) is 4.98 Å². The Morgan fingerprint density at radius 3 is 2.19 bits per heavy atom. The molecule has 4 aromatic rings. The van der Waals surface area contributed by atoms with Gasteiger partial charge >= 0.3 is 0 Å². The Balaban J connectivity index is 1.80. The lowest BCUT2D eigenvalue weighted by Crippen LogP contribution is -1.94. The van der Waals surface area contributed by atoms with E-state index in [1.54, 1.807) is 30.5 Å². The normalized spacial score (nSPS) is 11.7. The van der Waals surface area contributed by atoms with Crippen LogP contribution >= 0.6 is 0 Å². The molecule has 0 bridgehead atoms. The average Bonchev–Trinajstić information content (AvgIpc) is 2.70. The lowest BCUT2D eigenvalue weighted by atomic mass is 9.94. The highest BCUT2D eigenvalue weighted by Crippen LogP contribution is 2.26. The molecule has 3 aromatic carbocycles. The highest BCUT2D eigenvalue weighted by Gasteiger charge is 2.08. The minimum absolute atomic E-state index is 0.270. The molecule has 1 aromatic heterocycles. The fourth-order valence-corrected chi connectivity index (χ4v) is 3.18. The maximum atomic E-state index is 13.4. The van der Waals surface area contributed by atoms with Gasteiger partial charge in [0.05, 0.1) is 5.52 Å². The Hall–Kier alpha value is -3.33. The van der Waals surface area contributed by atoms with Gasteiger partial charge in [-0.05, 0) is 52.6 Å². The van der Waals surface area contributed by atoms with Crippen LogP contribution in [0.5, 0.6) is 0 Å². The number of aromatic nitrogens is 1. The smallest absolute Gasteiger partial charge is 0.123 e. The second-order valence-corrected chi connectivity index (χ2v) is 6.40. The molecule has 27 heavy (non-hydrogen) atoms. The first kappa shape index (κ1) is 17.1. The van der Waals surface area contributed by atoms with Gasteiger partial charge in [0.1, 0.15) is 11.6 Å². The first-order valence-corrected chi connectivity index (χ1v) is 8.74. The molecular weight excluding hydrogens is 340 g/mol. The Bertz CT molecular complexity index is 1090. The molecule has 1 nitrogen and oxygen atoms in total. The molecule has 0 atom stereocenters. The van der Waals surface area contributed by atoms with Gasteiger partial charge in [-0.3, -0.25) is 4.98 Å². The van der Waals surface area contributed by atoms with Crippen LogP contribution < -0.4 is 0 Å². The lowest BCUT2D eigenvalue weighted by Gasteiger charge is -2.11. The Morgan fingerprint density at radius 1 is 0.778 bits per heavy atom. The number of hydrogen-bond donors (Lipinski definition) is 0. The van der Waals surface area contributed by atoms with E-state index in [2.05, 4.69) is 11.1 Å². The van der Waals surface area contributed by atoms with Crippen molar-refractivity contribution < 1.29 is 8.78 Å². The lowest BCUT2D eigenvalue weighted by molar-refractivity contribution is 0.627. The summed E-state index contributed by atoms with van der Waals surface area (Å²) in [6.07, 6.45) is 4.43. The van der Waals surface area contributed by atoms with Gasteiger partial charge in [-0.1, -0.05) is 54.6 Å². The SMILES string of the molecule is Fc1ccc(/C=C(/Cc2cccc3cccnc23)c2ccc(F)cc2)cc1. The summed E-state index contributed by atoms with van der Waals surface area (Å²) in [5.41, 5.74) is 4.87. The van der Waals surface area contributed by atoms with Crippen LogP contribution in [0, 0.1) is 11.6 Å². The second kappa shape index (κ2) is 7.50. The molecule has 132 valence electrons.